The van der Waals surface area contributed by atoms with Crippen LogP contribution < -0.4 is 10.1 Å². The van der Waals surface area contributed by atoms with Crippen molar-refractivity contribution in [2.75, 3.05) is 11.9 Å². The van der Waals surface area contributed by atoms with Crippen LogP contribution in [-0.4, -0.2) is 6.61 Å². The van der Waals surface area contributed by atoms with E-state index in [1.54, 1.807) is 12.1 Å². The lowest BCUT2D eigenvalue weighted by Gasteiger charge is -2.14. The van der Waals surface area contributed by atoms with Gasteiger partial charge in [0.15, 0.2) is 0 Å². The number of ether oxygens (including phenoxy) is 1. The second-order valence-corrected chi connectivity index (χ2v) is 4.79. The van der Waals surface area contributed by atoms with Gasteiger partial charge in [-0.15, -0.1) is 0 Å². The molecule has 0 aromatic heterocycles. The van der Waals surface area contributed by atoms with Crippen LogP contribution in [0.15, 0.2) is 42.5 Å². The first-order valence-corrected chi connectivity index (χ1v) is 6.91. The van der Waals surface area contributed by atoms with Gasteiger partial charge in [-0.1, -0.05) is 31.2 Å². The molecule has 2 aromatic rings. The van der Waals surface area contributed by atoms with Crippen molar-refractivity contribution in [1.29, 1.82) is 0 Å². The van der Waals surface area contributed by atoms with E-state index in [4.69, 9.17) is 4.74 Å². The smallest absolute Gasteiger partial charge is 0.142 e. The van der Waals surface area contributed by atoms with Gasteiger partial charge in [0.2, 0.25) is 0 Å². The summed E-state index contributed by atoms with van der Waals surface area (Å²) in [5, 5.41) is 3.24. The van der Waals surface area contributed by atoms with Crippen LogP contribution in [0.5, 0.6) is 5.75 Å². The molecule has 0 aliphatic rings. The Kier molecular flexibility index (Phi) is 4.99. The number of benzene rings is 2. The number of hydrogen-bond acceptors (Lipinski definition) is 2. The molecule has 0 aliphatic carbocycles. The van der Waals surface area contributed by atoms with Crippen molar-refractivity contribution in [3.05, 3.63) is 59.4 Å². The summed E-state index contributed by atoms with van der Waals surface area (Å²) in [5.41, 5.74) is 2.69. The van der Waals surface area contributed by atoms with E-state index >= 15 is 0 Å². The predicted molar refractivity (Wildman–Crippen MR) is 80.7 cm³/mol. The highest BCUT2D eigenvalue weighted by atomic mass is 19.1. The maximum absolute atomic E-state index is 13.6. The SMILES string of the molecule is CCCOc1cc(C)ccc1NCc1ccccc1F. The highest BCUT2D eigenvalue weighted by Gasteiger charge is 2.05. The van der Waals surface area contributed by atoms with Gasteiger partial charge in [0.25, 0.3) is 0 Å². The number of halogens is 1. The first kappa shape index (κ1) is 14.4. The van der Waals surface area contributed by atoms with Crippen molar-refractivity contribution in [3.63, 3.8) is 0 Å². The first-order valence-electron chi connectivity index (χ1n) is 6.91. The van der Waals surface area contributed by atoms with Gasteiger partial charge in [-0.3, -0.25) is 0 Å². The van der Waals surface area contributed by atoms with E-state index in [9.17, 15) is 4.39 Å². The van der Waals surface area contributed by atoms with Crippen molar-refractivity contribution in [2.24, 2.45) is 0 Å². The third kappa shape index (κ3) is 3.73. The van der Waals surface area contributed by atoms with Crippen molar-refractivity contribution >= 4 is 5.69 Å². The minimum absolute atomic E-state index is 0.192. The first-order chi connectivity index (χ1) is 9.70. The van der Waals surface area contributed by atoms with Gasteiger partial charge < -0.3 is 10.1 Å². The van der Waals surface area contributed by atoms with Gasteiger partial charge in [0.05, 0.1) is 12.3 Å². The van der Waals surface area contributed by atoms with Crippen molar-refractivity contribution in [1.82, 2.24) is 0 Å². The zero-order valence-electron chi connectivity index (χ0n) is 11.9. The summed E-state index contributed by atoms with van der Waals surface area (Å²) in [4.78, 5) is 0. The van der Waals surface area contributed by atoms with Crippen LogP contribution in [0.4, 0.5) is 10.1 Å². The Balaban J connectivity index is 2.10. The molecule has 2 nitrogen and oxygen atoms in total. The zero-order chi connectivity index (χ0) is 14.4. The number of rotatable bonds is 6. The topological polar surface area (TPSA) is 21.3 Å². The molecule has 0 radical (unpaired) electrons. The zero-order valence-corrected chi connectivity index (χ0v) is 11.9. The fourth-order valence-corrected chi connectivity index (χ4v) is 1.94. The van der Waals surface area contributed by atoms with E-state index in [0.29, 0.717) is 18.7 Å². The Morgan fingerprint density at radius 1 is 1.15 bits per heavy atom. The Hall–Kier alpha value is -2.03. The third-order valence-corrected chi connectivity index (χ3v) is 3.03. The molecule has 0 saturated carbocycles. The highest BCUT2D eigenvalue weighted by Crippen LogP contribution is 2.26. The average Bonchev–Trinajstić information content (AvgIpc) is 2.45. The minimum Gasteiger partial charge on any atom is -0.491 e. The molecule has 0 unspecified atom stereocenters. The average molecular weight is 273 g/mol. The minimum atomic E-state index is -0.192. The fraction of sp³-hybridized carbons (Fsp3) is 0.294. The molecule has 3 heteroatoms. The maximum Gasteiger partial charge on any atom is 0.142 e. The summed E-state index contributed by atoms with van der Waals surface area (Å²) in [6.07, 6.45) is 0.959. The number of anilines is 1. The third-order valence-electron chi connectivity index (χ3n) is 3.03. The van der Waals surface area contributed by atoms with E-state index in [2.05, 4.69) is 12.2 Å². The van der Waals surface area contributed by atoms with Crippen LogP contribution in [0.3, 0.4) is 0 Å². The van der Waals surface area contributed by atoms with Gasteiger partial charge >= 0.3 is 0 Å². The molecule has 0 fully saturated rings. The lowest BCUT2D eigenvalue weighted by atomic mass is 10.2. The predicted octanol–water partition coefficient (Wildman–Crippen LogP) is 4.54. The lowest BCUT2D eigenvalue weighted by Crippen LogP contribution is -2.05. The van der Waals surface area contributed by atoms with Gasteiger partial charge in [0, 0.05) is 12.1 Å². The second-order valence-electron chi connectivity index (χ2n) is 4.79. The molecule has 0 atom stereocenters. The van der Waals surface area contributed by atoms with Gasteiger partial charge in [-0.05, 0) is 37.1 Å². The number of nitrogens with one attached hydrogen (secondary N) is 1. The summed E-state index contributed by atoms with van der Waals surface area (Å²) in [6.45, 7) is 5.22. The summed E-state index contributed by atoms with van der Waals surface area (Å²) in [5.74, 6) is 0.631. The van der Waals surface area contributed by atoms with Crippen LogP contribution in [0.2, 0.25) is 0 Å². The maximum atomic E-state index is 13.6. The van der Waals surface area contributed by atoms with Crippen LogP contribution in [0, 0.1) is 12.7 Å². The van der Waals surface area contributed by atoms with E-state index in [1.165, 1.54) is 6.07 Å². The summed E-state index contributed by atoms with van der Waals surface area (Å²) >= 11 is 0. The normalized spacial score (nSPS) is 10.3. The van der Waals surface area contributed by atoms with Gasteiger partial charge in [-0.2, -0.15) is 0 Å². The fourth-order valence-electron chi connectivity index (χ4n) is 1.94. The molecule has 20 heavy (non-hydrogen) atoms. The van der Waals surface area contributed by atoms with Crippen LogP contribution in [0.1, 0.15) is 24.5 Å². The second kappa shape index (κ2) is 6.94. The molecule has 0 spiro atoms. The lowest BCUT2D eigenvalue weighted by molar-refractivity contribution is 0.318. The number of aryl methyl sites for hydroxylation is 1. The molecule has 2 aromatic carbocycles. The van der Waals surface area contributed by atoms with Crippen molar-refractivity contribution in [3.8, 4) is 5.75 Å². The summed E-state index contributed by atoms with van der Waals surface area (Å²) < 4.78 is 19.3. The van der Waals surface area contributed by atoms with Gasteiger partial charge in [0.1, 0.15) is 11.6 Å². The summed E-state index contributed by atoms with van der Waals surface area (Å²) in [6, 6.07) is 12.8. The Morgan fingerprint density at radius 3 is 2.70 bits per heavy atom. The molecule has 0 amide bonds. The highest BCUT2D eigenvalue weighted by molar-refractivity contribution is 5.57. The number of hydrogen-bond donors (Lipinski definition) is 1. The van der Waals surface area contributed by atoms with E-state index in [0.717, 1.165) is 23.4 Å². The van der Waals surface area contributed by atoms with Crippen LogP contribution >= 0.6 is 0 Å². The van der Waals surface area contributed by atoms with E-state index < -0.39 is 0 Å². The molecule has 2 rings (SSSR count). The molecule has 1 N–H and O–H groups in total. The standard InChI is InChI=1S/C17H20FNO/c1-3-10-20-17-11-13(2)8-9-16(17)19-12-14-6-4-5-7-15(14)18/h4-9,11,19H,3,10,12H2,1-2H3. The summed E-state index contributed by atoms with van der Waals surface area (Å²) in [7, 11) is 0. The van der Waals surface area contributed by atoms with Crippen molar-refractivity contribution < 1.29 is 9.13 Å². The largest absolute Gasteiger partial charge is 0.491 e. The molecule has 0 saturated heterocycles. The van der Waals surface area contributed by atoms with Crippen molar-refractivity contribution in [2.45, 2.75) is 26.8 Å². The van der Waals surface area contributed by atoms with Crippen LogP contribution in [0.25, 0.3) is 0 Å². The molecule has 0 heterocycles. The molecule has 0 aliphatic heterocycles. The van der Waals surface area contributed by atoms with Crippen LogP contribution in [-0.2, 0) is 6.54 Å². The molecular formula is C17H20FNO. The Bertz CT molecular complexity index is 569. The van der Waals surface area contributed by atoms with Gasteiger partial charge in [-0.25, -0.2) is 4.39 Å². The molecule has 106 valence electrons. The monoisotopic (exact) mass is 273 g/mol. The molecule has 0 bridgehead atoms. The molecular weight excluding hydrogens is 253 g/mol. The quantitative estimate of drug-likeness (QED) is 0.834. The Labute approximate surface area is 119 Å². The van der Waals surface area contributed by atoms with E-state index in [1.807, 2.05) is 31.2 Å². The van der Waals surface area contributed by atoms with E-state index in [-0.39, 0.29) is 5.82 Å². The Morgan fingerprint density at radius 2 is 1.95 bits per heavy atom.